The summed E-state index contributed by atoms with van der Waals surface area (Å²) in [5, 5.41) is 9.27. The first kappa shape index (κ1) is 19.1. The Kier molecular flexibility index (Phi) is 4.38. The maximum atomic E-state index is 14.6. The van der Waals surface area contributed by atoms with Gasteiger partial charge in [-0.25, -0.2) is 4.39 Å². The number of hydrogen-bond donors (Lipinski definition) is 0. The monoisotopic (exact) mass is 399 g/mol. The normalized spacial score (nSPS) is 27.5. The zero-order valence-electron chi connectivity index (χ0n) is 15.5. The van der Waals surface area contributed by atoms with Crippen molar-refractivity contribution < 1.29 is 17.9 Å². The van der Waals surface area contributed by atoms with Gasteiger partial charge in [-0.2, -0.15) is 14.0 Å². The van der Waals surface area contributed by atoms with Gasteiger partial charge in [0, 0.05) is 17.2 Å². The summed E-state index contributed by atoms with van der Waals surface area (Å²) in [7, 11) is 6.09. The number of fused-ring (bicyclic) bond motifs is 3. The molecular weight excluding hydrogens is 384 g/mol. The number of nitrogens with zero attached hydrogens (tertiary/aromatic N) is 3. The highest BCUT2D eigenvalue weighted by molar-refractivity contribution is 8.03. The predicted octanol–water partition coefficient (Wildman–Crippen LogP) is 0.727. The third-order valence-corrected chi connectivity index (χ3v) is 7.19. The third-order valence-electron chi connectivity index (χ3n) is 5.69. The van der Waals surface area contributed by atoms with Crippen LogP contribution in [0.3, 0.4) is 0 Å². The van der Waals surface area contributed by atoms with E-state index in [0.717, 1.165) is 5.56 Å². The quantitative estimate of drug-likeness (QED) is 0.689. The maximum absolute atomic E-state index is 14.6. The molecule has 3 aliphatic heterocycles. The molecule has 11 heteroatoms. The number of aliphatic imine (C=N–C) groups is 1. The molecule has 3 aliphatic rings. The van der Waals surface area contributed by atoms with Gasteiger partial charge in [0.05, 0.1) is 12.1 Å². The van der Waals surface area contributed by atoms with Crippen LogP contribution >= 0.6 is 11.8 Å². The van der Waals surface area contributed by atoms with E-state index in [2.05, 4.69) is 4.74 Å². The van der Waals surface area contributed by atoms with Crippen LogP contribution in [-0.2, 0) is 10.3 Å². The molecule has 1 aromatic carbocycles. The van der Waals surface area contributed by atoms with Crippen molar-refractivity contribution in [2.24, 2.45) is 4.99 Å². The fourth-order valence-electron chi connectivity index (χ4n) is 4.07. The van der Waals surface area contributed by atoms with Crippen molar-refractivity contribution in [3.63, 3.8) is 0 Å². The zero-order valence-corrected chi connectivity index (χ0v) is 16.4. The number of ether oxygens (including phenoxy) is 1. The van der Waals surface area contributed by atoms with Crippen molar-refractivity contribution in [3.05, 3.63) is 53.2 Å². The molecular formula is C17H15B3F3N3OS. The molecule has 0 aromatic heterocycles. The van der Waals surface area contributed by atoms with E-state index < -0.39 is 12.2 Å². The number of allylic oxidation sites excluding steroid dienone is 2. The highest BCUT2D eigenvalue weighted by atomic mass is 32.2. The van der Waals surface area contributed by atoms with Crippen LogP contribution in [0, 0.1) is 17.1 Å². The fourth-order valence-corrected chi connectivity index (χ4v) is 5.49. The van der Waals surface area contributed by atoms with E-state index in [0.29, 0.717) is 11.4 Å². The molecule has 28 heavy (non-hydrogen) atoms. The molecule has 0 N–H and O–H groups in total. The highest BCUT2D eigenvalue weighted by Gasteiger charge is 2.55. The summed E-state index contributed by atoms with van der Waals surface area (Å²) < 4.78 is 44.8. The van der Waals surface area contributed by atoms with Crippen molar-refractivity contribution in [2.75, 3.05) is 6.54 Å². The summed E-state index contributed by atoms with van der Waals surface area (Å²) in [4.78, 5) is 7.03. The van der Waals surface area contributed by atoms with E-state index in [1.54, 1.807) is 17.2 Å². The van der Waals surface area contributed by atoms with Crippen molar-refractivity contribution in [3.8, 4) is 6.07 Å². The second kappa shape index (κ2) is 6.41. The van der Waals surface area contributed by atoms with Gasteiger partial charge < -0.3 is 9.64 Å². The van der Waals surface area contributed by atoms with Gasteiger partial charge >= 0.3 is 6.61 Å². The average molecular weight is 399 g/mol. The number of hydrogen-bond acceptors (Lipinski definition) is 5. The van der Waals surface area contributed by atoms with Crippen LogP contribution in [0.15, 0.2) is 51.7 Å². The lowest BCUT2D eigenvalue weighted by Crippen LogP contribution is -2.50. The molecule has 0 radical (unpaired) electrons. The van der Waals surface area contributed by atoms with E-state index in [4.69, 9.17) is 4.99 Å². The number of nitriles is 1. The Morgan fingerprint density at radius 3 is 2.82 bits per heavy atom. The SMILES string of the molecule is BC1C(B)(B)Sc2c(F)cccc2[C@]12CN1C=C(C#N)C=C(OC(F)F)C1=N2. The molecule has 0 saturated carbocycles. The molecule has 0 saturated heterocycles. The van der Waals surface area contributed by atoms with E-state index in [9.17, 15) is 18.4 Å². The van der Waals surface area contributed by atoms with E-state index >= 15 is 0 Å². The third kappa shape index (κ3) is 2.77. The number of alkyl halides is 2. The Morgan fingerprint density at radius 2 is 2.14 bits per heavy atom. The second-order valence-electron chi connectivity index (χ2n) is 7.61. The Balaban J connectivity index is 1.91. The lowest BCUT2D eigenvalue weighted by Gasteiger charge is -2.48. The van der Waals surface area contributed by atoms with Crippen molar-refractivity contribution >= 4 is 41.1 Å². The number of benzene rings is 1. The number of thioether (sulfide) groups is 1. The summed E-state index contributed by atoms with van der Waals surface area (Å²) in [6, 6.07) is 6.86. The standard InChI is InChI=1S/C17H15B3F3N3OS/c18-14-16(9-2-1-3-10(21)12(9)28-17(14,19)20)7-26-6-8(5-24)4-11(13(26)25-16)27-15(22)23/h1-4,6,14-15H,7,18-20H2/t14?,16-/m1/s1. The summed E-state index contributed by atoms with van der Waals surface area (Å²) in [5.74, 6) is -0.264. The molecule has 4 rings (SSSR count). The lowest BCUT2D eigenvalue weighted by molar-refractivity contribution is -0.0906. The van der Waals surface area contributed by atoms with Crippen LogP contribution in [-0.4, -0.2) is 52.0 Å². The van der Waals surface area contributed by atoms with E-state index in [-0.39, 0.29) is 33.3 Å². The zero-order chi connectivity index (χ0) is 20.3. The summed E-state index contributed by atoms with van der Waals surface area (Å²) in [6.07, 6.45) is 2.84. The van der Waals surface area contributed by atoms with Gasteiger partial charge in [0.1, 0.15) is 41.0 Å². The number of halogens is 3. The van der Waals surface area contributed by atoms with Crippen LogP contribution in [0.1, 0.15) is 5.56 Å². The molecule has 0 aliphatic carbocycles. The molecule has 0 fully saturated rings. The largest absolute Gasteiger partial charge is 0.431 e. The molecule has 1 spiro atoms. The number of rotatable bonds is 2. The Labute approximate surface area is 167 Å². The molecule has 0 bridgehead atoms. The average Bonchev–Trinajstić information content (AvgIpc) is 3.01. The predicted molar refractivity (Wildman–Crippen MR) is 109 cm³/mol. The smallest absolute Gasteiger partial charge is 0.387 e. The molecule has 1 aromatic rings. The van der Waals surface area contributed by atoms with Gasteiger partial charge in [-0.3, -0.25) is 4.99 Å². The second-order valence-corrected chi connectivity index (χ2v) is 9.28. The molecule has 3 heterocycles. The first-order valence-corrected chi connectivity index (χ1v) is 9.63. The Hall–Kier alpha value is -2.21. The van der Waals surface area contributed by atoms with Crippen LogP contribution < -0.4 is 0 Å². The van der Waals surface area contributed by atoms with Gasteiger partial charge in [-0.15, -0.1) is 11.8 Å². The van der Waals surface area contributed by atoms with Gasteiger partial charge in [-0.1, -0.05) is 12.1 Å². The molecule has 2 atom stereocenters. The van der Waals surface area contributed by atoms with Gasteiger partial charge in [0.15, 0.2) is 11.6 Å². The first-order chi connectivity index (χ1) is 13.2. The maximum Gasteiger partial charge on any atom is 0.387 e. The van der Waals surface area contributed by atoms with Crippen LogP contribution in [0.4, 0.5) is 13.2 Å². The first-order valence-electron chi connectivity index (χ1n) is 8.81. The Morgan fingerprint density at radius 1 is 1.39 bits per heavy atom. The van der Waals surface area contributed by atoms with Gasteiger partial charge in [0.2, 0.25) is 0 Å². The minimum atomic E-state index is -3.04. The van der Waals surface area contributed by atoms with Gasteiger partial charge in [-0.05, 0) is 22.0 Å². The summed E-state index contributed by atoms with van der Waals surface area (Å²) in [6.45, 7) is -2.72. The van der Waals surface area contributed by atoms with Crippen LogP contribution in [0.5, 0.6) is 0 Å². The van der Waals surface area contributed by atoms with Crippen molar-refractivity contribution in [1.29, 1.82) is 5.26 Å². The molecule has 140 valence electrons. The minimum absolute atomic E-state index is 0.0378. The minimum Gasteiger partial charge on any atom is -0.431 e. The topological polar surface area (TPSA) is 48.6 Å². The fraction of sp³-hybridized carbons (Fsp3) is 0.294. The van der Waals surface area contributed by atoms with Gasteiger partial charge in [0.25, 0.3) is 0 Å². The number of amidine groups is 1. The van der Waals surface area contributed by atoms with Crippen molar-refractivity contribution in [2.45, 2.75) is 27.4 Å². The lowest BCUT2D eigenvalue weighted by atomic mass is 9.48. The van der Waals surface area contributed by atoms with Crippen LogP contribution in [0.25, 0.3) is 0 Å². The molecule has 4 nitrogen and oxygen atoms in total. The molecule has 0 amide bonds. The Bertz CT molecular complexity index is 992. The summed E-state index contributed by atoms with van der Waals surface area (Å²) in [5.41, 5.74) is 0.0887. The van der Waals surface area contributed by atoms with Crippen molar-refractivity contribution in [1.82, 2.24) is 4.90 Å². The molecule has 1 unspecified atom stereocenters. The van der Waals surface area contributed by atoms with E-state index in [1.165, 1.54) is 23.9 Å². The summed E-state index contributed by atoms with van der Waals surface area (Å²) >= 11 is 1.46. The van der Waals surface area contributed by atoms with E-state index in [1.807, 2.05) is 35.7 Å². The highest BCUT2D eigenvalue weighted by Crippen LogP contribution is 2.58. The van der Waals surface area contributed by atoms with Crippen LogP contribution in [0.2, 0.25) is 5.82 Å².